The van der Waals surface area contributed by atoms with Crippen molar-refractivity contribution in [2.45, 2.75) is 32.2 Å². The van der Waals surface area contributed by atoms with Gasteiger partial charge in [0.2, 0.25) is 5.91 Å². The van der Waals surface area contributed by atoms with Crippen molar-refractivity contribution in [3.63, 3.8) is 0 Å². The summed E-state index contributed by atoms with van der Waals surface area (Å²) in [5, 5.41) is 3.52. The van der Waals surface area contributed by atoms with E-state index in [1.807, 2.05) is 42.3 Å². The molecule has 1 aliphatic rings. The molecule has 0 unspecified atom stereocenters. The lowest BCUT2D eigenvalue weighted by Gasteiger charge is -2.31. The number of rotatable bonds is 9. The largest absolute Gasteiger partial charge is 0.494 e. The van der Waals surface area contributed by atoms with Crippen molar-refractivity contribution in [3.05, 3.63) is 53.1 Å². The maximum absolute atomic E-state index is 13.0. The highest BCUT2D eigenvalue weighted by Crippen LogP contribution is 2.41. The van der Waals surface area contributed by atoms with Gasteiger partial charge in [0.05, 0.1) is 18.4 Å². The molecule has 1 aliphatic heterocycles. The number of thiazole rings is 1. The molecule has 192 valence electrons. The van der Waals surface area contributed by atoms with Gasteiger partial charge in [0.25, 0.3) is 5.91 Å². The van der Waals surface area contributed by atoms with Crippen LogP contribution >= 0.6 is 11.3 Å². The van der Waals surface area contributed by atoms with Gasteiger partial charge in [0.15, 0.2) is 5.13 Å². The van der Waals surface area contributed by atoms with Gasteiger partial charge in [-0.25, -0.2) is 4.98 Å². The summed E-state index contributed by atoms with van der Waals surface area (Å²) in [5.41, 5.74) is 3.68. The molecule has 2 heterocycles. The summed E-state index contributed by atoms with van der Waals surface area (Å²) in [6.07, 6.45) is 1.82. The van der Waals surface area contributed by atoms with Crippen LogP contribution in [-0.4, -0.2) is 74.1 Å². The van der Waals surface area contributed by atoms with Crippen molar-refractivity contribution < 1.29 is 19.1 Å². The number of hydrogen-bond acceptors (Lipinski definition) is 7. The van der Waals surface area contributed by atoms with Gasteiger partial charge in [-0.15, -0.1) is 0 Å². The number of likely N-dealkylation sites (N-methyl/N-ethyl adjacent to an activating group) is 1. The Morgan fingerprint density at radius 2 is 1.86 bits per heavy atom. The minimum atomic E-state index is -0.191. The van der Waals surface area contributed by atoms with E-state index in [4.69, 9.17) is 14.5 Å². The molecule has 1 aromatic heterocycles. The summed E-state index contributed by atoms with van der Waals surface area (Å²) in [7, 11) is 5.37. The van der Waals surface area contributed by atoms with Crippen LogP contribution in [0.25, 0.3) is 10.2 Å². The highest BCUT2D eigenvalue weighted by molar-refractivity contribution is 7.22. The number of likely N-dealkylation sites (tertiary alicyclic amines) is 1. The summed E-state index contributed by atoms with van der Waals surface area (Å²) in [6, 6.07) is 11.7. The molecule has 0 bridgehead atoms. The first-order chi connectivity index (χ1) is 17.4. The number of anilines is 1. The molecule has 9 heteroatoms. The Hall–Kier alpha value is -3.01. The lowest BCUT2D eigenvalue weighted by atomic mass is 9.89. The third-order valence-electron chi connectivity index (χ3n) is 6.70. The maximum atomic E-state index is 13.0. The van der Waals surface area contributed by atoms with Crippen LogP contribution in [0.15, 0.2) is 36.4 Å². The van der Waals surface area contributed by atoms with Gasteiger partial charge < -0.3 is 14.4 Å². The number of carbonyl (C=O) groups excluding carboxylic acids is 2. The van der Waals surface area contributed by atoms with Gasteiger partial charge in [-0.1, -0.05) is 29.5 Å². The lowest BCUT2D eigenvalue weighted by Crippen LogP contribution is -2.36. The normalized spacial score (nSPS) is 14.4. The van der Waals surface area contributed by atoms with Crippen LogP contribution in [0.5, 0.6) is 5.75 Å². The van der Waals surface area contributed by atoms with E-state index in [9.17, 15) is 9.59 Å². The minimum Gasteiger partial charge on any atom is -0.494 e. The highest BCUT2D eigenvalue weighted by atomic mass is 32.1. The summed E-state index contributed by atoms with van der Waals surface area (Å²) < 4.78 is 11.7. The van der Waals surface area contributed by atoms with Crippen molar-refractivity contribution in [1.29, 1.82) is 0 Å². The Morgan fingerprint density at radius 3 is 2.50 bits per heavy atom. The van der Waals surface area contributed by atoms with E-state index in [0.29, 0.717) is 29.0 Å². The molecule has 2 amide bonds. The van der Waals surface area contributed by atoms with Crippen LogP contribution in [0.4, 0.5) is 5.13 Å². The Morgan fingerprint density at radius 1 is 1.14 bits per heavy atom. The first kappa shape index (κ1) is 26.1. The number of benzene rings is 2. The predicted molar refractivity (Wildman–Crippen MR) is 143 cm³/mol. The zero-order chi connectivity index (χ0) is 25.7. The number of carbonyl (C=O) groups is 2. The van der Waals surface area contributed by atoms with E-state index < -0.39 is 0 Å². The predicted octanol–water partition coefficient (Wildman–Crippen LogP) is 4.36. The number of hydrogen-bond donors (Lipinski definition) is 1. The van der Waals surface area contributed by atoms with Crippen molar-refractivity contribution >= 4 is 38.5 Å². The molecule has 0 aliphatic carbocycles. The summed E-state index contributed by atoms with van der Waals surface area (Å²) >= 11 is 1.47. The fourth-order valence-corrected chi connectivity index (χ4v) is 5.69. The standard InChI is InChI=1S/C27H34N4O4S/c1-18(32)31-13-11-20(12-14-31)22-9-10-23(35-4)24-25(22)36-27(28-24)29-26(33)21-7-5-19(6-8-21)17-30(2)15-16-34-3/h5-10,20H,11-17H2,1-4H3,(H,28,29,33). The number of nitrogens with one attached hydrogen (secondary N) is 1. The zero-order valence-electron chi connectivity index (χ0n) is 21.4. The van der Waals surface area contributed by atoms with E-state index in [1.54, 1.807) is 21.1 Å². The second-order valence-electron chi connectivity index (χ2n) is 9.22. The number of amides is 2. The Kier molecular flexibility index (Phi) is 8.56. The van der Waals surface area contributed by atoms with Crippen molar-refractivity contribution in [2.75, 3.05) is 52.8 Å². The summed E-state index contributed by atoms with van der Waals surface area (Å²) in [4.78, 5) is 33.5. The smallest absolute Gasteiger partial charge is 0.257 e. The van der Waals surface area contributed by atoms with Gasteiger partial charge in [0, 0.05) is 45.8 Å². The molecular formula is C27H34N4O4S. The fraction of sp³-hybridized carbons (Fsp3) is 0.444. The van der Waals surface area contributed by atoms with Crippen LogP contribution < -0.4 is 10.1 Å². The quantitative estimate of drug-likeness (QED) is 0.461. The van der Waals surface area contributed by atoms with Crippen LogP contribution in [-0.2, 0) is 16.1 Å². The number of piperidine rings is 1. The second kappa shape index (κ2) is 11.8. The van der Waals surface area contributed by atoms with Crippen molar-refractivity contribution in [3.8, 4) is 5.75 Å². The topological polar surface area (TPSA) is 84.0 Å². The molecule has 3 aromatic rings. The average molecular weight is 511 g/mol. The molecule has 0 atom stereocenters. The van der Waals surface area contributed by atoms with E-state index >= 15 is 0 Å². The fourth-order valence-electron chi connectivity index (χ4n) is 4.62. The van der Waals surface area contributed by atoms with Gasteiger partial charge in [-0.05, 0) is 55.1 Å². The Balaban J connectivity index is 1.49. The molecule has 2 aromatic carbocycles. The van der Waals surface area contributed by atoms with Crippen LogP contribution in [0.3, 0.4) is 0 Å². The third-order valence-corrected chi connectivity index (χ3v) is 7.72. The third kappa shape index (κ3) is 6.03. The molecule has 36 heavy (non-hydrogen) atoms. The van der Waals surface area contributed by atoms with Crippen molar-refractivity contribution in [2.24, 2.45) is 0 Å². The van der Waals surface area contributed by atoms with Gasteiger partial charge in [0.1, 0.15) is 11.3 Å². The van der Waals surface area contributed by atoms with Crippen LogP contribution in [0.1, 0.15) is 47.2 Å². The Labute approximate surface area is 216 Å². The van der Waals surface area contributed by atoms with Crippen molar-refractivity contribution in [1.82, 2.24) is 14.8 Å². The molecule has 8 nitrogen and oxygen atoms in total. The number of nitrogens with zero attached hydrogens (tertiary/aromatic N) is 3. The molecular weight excluding hydrogens is 476 g/mol. The number of fused-ring (bicyclic) bond motifs is 1. The van der Waals surface area contributed by atoms with Gasteiger partial charge in [-0.3, -0.25) is 19.8 Å². The number of methoxy groups -OCH3 is 2. The molecule has 4 rings (SSSR count). The lowest BCUT2D eigenvalue weighted by molar-refractivity contribution is -0.129. The molecule has 0 spiro atoms. The highest BCUT2D eigenvalue weighted by Gasteiger charge is 2.25. The van der Waals surface area contributed by atoms with Gasteiger partial charge in [-0.2, -0.15) is 0 Å². The Bertz CT molecular complexity index is 1200. The van der Waals surface area contributed by atoms with Gasteiger partial charge >= 0.3 is 0 Å². The first-order valence-corrected chi connectivity index (χ1v) is 13.0. The molecule has 1 fully saturated rings. The van der Waals surface area contributed by atoms with E-state index in [0.717, 1.165) is 54.8 Å². The van der Waals surface area contributed by atoms with Crippen LogP contribution in [0, 0.1) is 0 Å². The number of aromatic nitrogens is 1. The second-order valence-corrected chi connectivity index (χ2v) is 10.2. The van der Waals surface area contributed by atoms with E-state index in [-0.39, 0.29) is 11.8 Å². The number of ether oxygens (including phenoxy) is 2. The maximum Gasteiger partial charge on any atom is 0.257 e. The molecule has 0 radical (unpaired) electrons. The summed E-state index contributed by atoms with van der Waals surface area (Å²) in [6.45, 7) is 5.46. The summed E-state index contributed by atoms with van der Waals surface area (Å²) in [5.74, 6) is 0.965. The van der Waals surface area contributed by atoms with E-state index in [1.165, 1.54) is 16.9 Å². The van der Waals surface area contributed by atoms with Crippen LogP contribution in [0.2, 0.25) is 0 Å². The van der Waals surface area contributed by atoms with E-state index in [2.05, 4.69) is 16.3 Å². The molecule has 1 saturated heterocycles. The molecule has 1 N–H and O–H groups in total. The molecule has 0 saturated carbocycles. The monoisotopic (exact) mass is 510 g/mol. The zero-order valence-corrected chi connectivity index (χ0v) is 22.2. The SMILES string of the molecule is COCCN(C)Cc1ccc(C(=O)Nc2nc3c(OC)ccc(C4CCN(C(C)=O)CC4)c3s2)cc1. The minimum absolute atomic E-state index is 0.127. The average Bonchev–Trinajstić information content (AvgIpc) is 3.31. The first-order valence-electron chi connectivity index (χ1n) is 12.2.